The topological polar surface area (TPSA) is 38.1 Å². The highest BCUT2D eigenvalue weighted by Crippen LogP contribution is 2.26. The SMILES string of the molecule is Cc1cccc(C(O)c2ccnn2C(C)C)c1F. The lowest BCUT2D eigenvalue weighted by Gasteiger charge is -2.17. The molecule has 0 aliphatic carbocycles. The summed E-state index contributed by atoms with van der Waals surface area (Å²) < 4.78 is 15.7. The van der Waals surface area contributed by atoms with Crippen molar-refractivity contribution in [3.05, 3.63) is 53.1 Å². The fraction of sp³-hybridized carbons (Fsp3) is 0.357. The van der Waals surface area contributed by atoms with Gasteiger partial charge in [-0.15, -0.1) is 0 Å². The molecular formula is C14H17FN2O. The van der Waals surface area contributed by atoms with E-state index in [0.29, 0.717) is 11.3 Å². The maximum absolute atomic E-state index is 14.0. The number of benzene rings is 1. The van der Waals surface area contributed by atoms with E-state index < -0.39 is 6.10 Å². The average Bonchev–Trinajstić information content (AvgIpc) is 2.81. The third-order valence-corrected chi connectivity index (χ3v) is 2.99. The van der Waals surface area contributed by atoms with Crippen molar-refractivity contribution in [1.29, 1.82) is 0 Å². The fourth-order valence-electron chi connectivity index (χ4n) is 2.01. The number of nitrogens with zero attached hydrogens (tertiary/aromatic N) is 2. The van der Waals surface area contributed by atoms with Gasteiger partial charge >= 0.3 is 0 Å². The second-order valence-corrected chi connectivity index (χ2v) is 4.68. The number of halogens is 1. The normalized spacial score (nSPS) is 13.0. The second kappa shape index (κ2) is 4.90. The molecule has 4 heteroatoms. The van der Waals surface area contributed by atoms with Crippen LogP contribution in [0.3, 0.4) is 0 Å². The molecule has 18 heavy (non-hydrogen) atoms. The van der Waals surface area contributed by atoms with Gasteiger partial charge in [0.05, 0.1) is 5.69 Å². The Balaban J connectivity index is 2.45. The van der Waals surface area contributed by atoms with Gasteiger partial charge in [0.25, 0.3) is 0 Å². The molecule has 2 rings (SSSR count). The summed E-state index contributed by atoms with van der Waals surface area (Å²) in [4.78, 5) is 0. The van der Waals surface area contributed by atoms with Crippen molar-refractivity contribution < 1.29 is 9.50 Å². The quantitative estimate of drug-likeness (QED) is 0.906. The minimum Gasteiger partial charge on any atom is -0.382 e. The van der Waals surface area contributed by atoms with Crippen LogP contribution in [0.15, 0.2) is 30.5 Å². The molecule has 1 atom stereocenters. The van der Waals surface area contributed by atoms with Gasteiger partial charge in [-0.3, -0.25) is 4.68 Å². The van der Waals surface area contributed by atoms with Crippen LogP contribution in [0.5, 0.6) is 0 Å². The third kappa shape index (κ3) is 2.16. The highest BCUT2D eigenvalue weighted by atomic mass is 19.1. The van der Waals surface area contributed by atoms with Gasteiger partial charge in [-0.25, -0.2) is 4.39 Å². The van der Waals surface area contributed by atoms with Crippen LogP contribution in [-0.4, -0.2) is 14.9 Å². The van der Waals surface area contributed by atoms with Gasteiger partial charge in [0.15, 0.2) is 0 Å². The van der Waals surface area contributed by atoms with E-state index in [2.05, 4.69) is 5.10 Å². The van der Waals surface area contributed by atoms with Gasteiger partial charge < -0.3 is 5.11 Å². The number of hydrogen-bond acceptors (Lipinski definition) is 2. The fourth-order valence-corrected chi connectivity index (χ4v) is 2.01. The molecule has 2 aromatic rings. The summed E-state index contributed by atoms with van der Waals surface area (Å²) in [7, 11) is 0. The van der Waals surface area contributed by atoms with Crippen molar-refractivity contribution in [2.75, 3.05) is 0 Å². The zero-order valence-electron chi connectivity index (χ0n) is 10.8. The van der Waals surface area contributed by atoms with Gasteiger partial charge in [-0.2, -0.15) is 5.10 Å². The molecular weight excluding hydrogens is 231 g/mol. The summed E-state index contributed by atoms with van der Waals surface area (Å²) in [6.07, 6.45) is 0.626. The van der Waals surface area contributed by atoms with Crippen molar-refractivity contribution >= 4 is 0 Å². The van der Waals surface area contributed by atoms with Crippen LogP contribution in [0.2, 0.25) is 0 Å². The van der Waals surface area contributed by atoms with Crippen LogP contribution in [0.1, 0.15) is 42.8 Å². The van der Waals surface area contributed by atoms with Crippen molar-refractivity contribution in [1.82, 2.24) is 9.78 Å². The molecule has 0 spiro atoms. The standard InChI is InChI=1S/C14H17FN2O/c1-9(2)17-12(7-8-16-17)14(18)11-6-4-5-10(3)13(11)15/h4-9,14,18H,1-3H3. The molecule has 0 aliphatic rings. The Morgan fingerprint density at radius 1 is 1.28 bits per heavy atom. The summed E-state index contributed by atoms with van der Waals surface area (Å²) in [5.74, 6) is -0.360. The Kier molecular flexibility index (Phi) is 3.48. The maximum Gasteiger partial charge on any atom is 0.132 e. The zero-order chi connectivity index (χ0) is 13.3. The monoisotopic (exact) mass is 248 g/mol. The number of hydrogen-bond donors (Lipinski definition) is 1. The molecule has 0 radical (unpaired) electrons. The maximum atomic E-state index is 14.0. The zero-order valence-corrected chi connectivity index (χ0v) is 10.8. The van der Waals surface area contributed by atoms with E-state index in [0.717, 1.165) is 0 Å². The van der Waals surface area contributed by atoms with Crippen molar-refractivity contribution in [2.24, 2.45) is 0 Å². The molecule has 1 heterocycles. The van der Waals surface area contributed by atoms with Crippen LogP contribution >= 0.6 is 0 Å². The molecule has 1 aromatic heterocycles. The second-order valence-electron chi connectivity index (χ2n) is 4.68. The van der Waals surface area contributed by atoms with Crippen LogP contribution in [0, 0.1) is 12.7 Å². The van der Waals surface area contributed by atoms with Crippen LogP contribution < -0.4 is 0 Å². The molecule has 0 aliphatic heterocycles. The van der Waals surface area contributed by atoms with Crippen LogP contribution in [0.4, 0.5) is 4.39 Å². The summed E-state index contributed by atoms with van der Waals surface area (Å²) in [5.41, 5.74) is 1.43. The molecule has 0 saturated heterocycles. The van der Waals surface area contributed by atoms with E-state index in [4.69, 9.17) is 0 Å². The molecule has 1 N–H and O–H groups in total. The minimum absolute atomic E-state index is 0.123. The molecule has 0 bridgehead atoms. The molecule has 0 fully saturated rings. The Morgan fingerprint density at radius 2 is 2.00 bits per heavy atom. The highest BCUT2D eigenvalue weighted by molar-refractivity contribution is 5.31. The number of aryl methyl sites for hydroxylation is 1. The van der Waals surface area contributed by atoms with E-state index in [1.807, 2.05) is 13.8 Å². The van der Waals surface area contributed by atoms with Crippen molar-refractivity contribution in [3.63, 3.8) is 0 Å². The van der Waals surface area contributed by atoms with Gasteiger partial charge in [-0.1, -0.05) is 18.2 Å². The number of aliphatic hydroxyl groups is 1. The molecule has 0 amide bonds. The third-order valence-electron chi connectivity index (χ3n) is 2.99. The van der Waals surface area contributed by atoms with Gasteiger partial charge in [0.2, 0.25) is 0 Å². The number of rotatable bonds is 3. The van der Waals surface area contributed by atoms with E-state index in [1.54, 1.807) is 42.1 Å². The van der Waals surface area contributed by atoms with E-state index >= 15 is 0 Å². The molecule has 96 valence electrons. The van der Waals surface area contributed by atoms with Gasteiger partial charge in [0, 0.05) is 17.8 Å². The smallest absolute Gasteiger partial charge is 0.132 e. The summed E-state index contributed by atoms with van der Waals surface area (Å²) >= 11 is 0. The lowest BCUT2D eigenvalue weighted by molar-refractivity contribution is 0.200. The van der Waals surface area contributed by atoms with Crippen molar-refractivity contribution in [2.45, 2.75) is 32.9 Å². The Morgan fingerprint density at radius 3 is 2.67 bits per heavy atom. The first-order valence-electron chi connectivity index (χ1n) is 5.99. The highest BCUT2D eigenvalue weighted by Gasteiger charge is 2.20. The number of aromatic nitrogens is 2. The lowest BCUT2D eigenvalue weighted by atomic mass is 10.0. The first-order valence-corrected chi connectivity index (χ1v) is 5.99. The summed E-state index contributed by atoms with van der Waals surface area (Å²) in [6.45, 7) is 5.62. The predicted molar refractivity (Wildman–Crippen MR) is 67.8 cm³/mol. The van der Waals surface area contributed by atoms with E-state index in [-0.39, 0.29) is 17.4 Å². The molecule has 0 saturated carbocycles. The lowest BCUT2D eigenvalue weighted by Crippen LogP contribution is -2.13. The van der Waals surface area contributed by atoms with Crippen LogP contribution in [-0.2, 0) is 0 Å². The first-order chi connectivity index (χ1) is 8.52. The Hall–Kier alpha value is -1.68. The number of aliphatic hydroxyl groups excluding tert-OH is 1. The average molecular weight is 248 g/mol. The van der Waals surface area contributed by atoms with E-state index in [9.17, 15) is 9.50 Å². The summed E-state index contributed by atoms with van der Waals surface area (Å²) in [6, 6.07) is 6.87. The first kappa shape index (κ1) is 12.8. The van der Waals surface area contributed by atoms with E-state index in [1.165, 1.54) is 0 Å². The molecule has 1 unspecified atom stereocenters. The predicted octanol–water partition coefficient (Wildman–Crippen LogP) is 2.99. The Bertz CT molecular complexity index is 548. The Labute approximate surface area is 106 Å². The van der Waals surface area contributed by atoms with Gasteiger partial charge in [-0.05, 0) is 32.4 Å². The minimum atomic E-state index is -0.991. The van der Waals surface area contributed by atoms with Crippen LogP contribution in [0.25, 0.3) is 0 Å². The molecule has 3 nitrogen and oxygen atoms in total. The molecule has 1 aromatic carbocycles. The van der Waals surface area contributed by atoms with Crippen molar-refractivity contribution in [3.8, 4) is 0 Å². The summed E-state index contributed by atoms with van der Waals surface area (Å²) in [5, 5.41) is 14.5. The largest absolute Gasteiger partial charge is 0.382 e. The van der Waals surface area contributed by atoms with Gasteiger partial charge in [0.1, 0.15) is 11.9 Å².